The first-order chi connectivity index (χ1) is 24.2. The normalized spacial score (nSPS) is 17.1. The molecule has 2 amide bonds. The van der Waals surface area contributed by atoms with Gasteiger partial charge < -0.3 is 14.8 Å². The number of carbonyl (C=O) groups excluding carboxylic acids is 5. The van der Waals surface area contributed by atoms with E-state index >= 15 is 0 Å². The average molecular weight is 806 g/mol. The number of thioether (sulfide) groups is 4. The van der Waals surface area contributed by atoms with Gasteiger partial charge in [0, 0.05) is 27.4 Å². The molecule has 2 heterocycles. The fraction of sp³-hybridized carbons (Fsp3) is 0.306. The summed E-state index contributed by atoms with van der Waals surface area (Å²) in [4.78, 5) is 67.8. The van der Waals surface area contributed by atoms with E-state index in [0.29, 0.717) is 24.7 Å². The SMILES string of the molecule is CC(=O)SC1=C(C(=O)OC(c2ccccc2)c2ccccc2)N2C(=O)[C@@H](NC(=O)CSc3cc(Cl)c(SCC(=O)OC(C)(C)C)cc3Cl)[C@H]2SC1. The zero-order valence-electron chi connectivity index (χ0n) is 28.0. The van der Waals surface area contributed by atoms with Crippen molar-refractivity contribution >= 4 is 99.1 Å². The van der Waals surface area contributed by atoms with E-state index in [2.05, 4.69) is 5.32 Å². The van der Waals surface area contributed by atoms with Crippen molar-refractivity contribution in [2.75, 3.05) is 17.3 Å². The summed E-state index contributed by atoms with van der Waals surface area (Å²) in [6, 6.07) is 20.9. The number of rotatable bonds is 12. The summed E-state index contributed by atoms with van der Waals surface area (Å²) in [5, 5.41) is 2.70. The monoisotopic (exact) mass is 804 g/mol. The second-order valence-corrected chi connectivity index (χ2v) is 17.5. The zero-order chi connectivity index (χ0) is 36.9. The summed E-state index contributed by atoms with van der Waals surface area (Å²) in [5.74, 6) is -1.76. The number of nitrogens with one attached hydrogen (secondary N) is 1. The molecular formula is C36H34Cl2N2O7S4. The first-order valence-electron chi connectivity index (χ1n) is 15.6. The third kappa shape index (κ3) is 10.1. The number of halogens is 2. The van der Waals surface area contributed by atoms with Crippen LogP contribution in [-0.4, -0.2) is 68.0 Å². The maximum Gasteiger partial charge on any atom is 0.356 e. The molecule has 2 aliphatic heterocycles. The third-order valence-corrected chi connectivity index (χ3v) is 12.5. The van der Waals surface area contributed by atoms with Crippen molar-refractivity contribution in [3.8, 4) is 0 Å². The Hall–Kier alpha value is -3.07. The Kier molecular flexibility index (Phi) is 13.2. The molecule has 0 spiro atoms. The molecule has 0 bridgehead atoms. The average Bonchev–Trinajstić information content (AvgIpc) is 3.08. The van der Waals surface area contributed by atoms with E-state index in [0.717, 1.165) is 34.7 Å². The quantitative estimate of drug-likeness (QED) is 0.110. The van der Waals surface area contributed by atoms with Crippen LogP contribution in [0, 0.1) is 0 Å². The first kappa shape index (κ1) is 39.1. The minimum atomic E-state index is -0.889. The predicted octanol–water partition coefficient (Wildman–Crippen LogP) is 7.74. The minimum absolute atomic E-state index is 0.00624. The van der Waals surface area contributed by atoms with Gasteiger partial charge in [0.25, 0.3) is 5.91 Å². The number of carbonyl (C=O) groups is 5. The molecule has 9 nitrogen and oxygen atoms in total. The molecule has 15 heteroatoms. The van der Waals surface area contributed by atoms with Gasteiger partial charge in [-0.25, -0.2) is 4.79 Å². The van der Waals surface area contributed by atoms with Gasteiger partial charge in [-0.3, -0.25) is 24.1 Å². The van der Waals surface area contributed by atoms with Crippen molar-refractivity contribution in [1.29, 1.82) is 0 Å². The van der Waals surface area contributed by atoms with Crippen molar-refractivity contribution in [2.45, 2.75) is 60.6 Å². The lowest BCUT2D eigenvalue weighted by molar-refractivity contribution is -0.154. The lowest BCUT2D eigenvalue weighted by Crippen LogP contribution is -2.70. The molecule has 3 aromatic carbocycles. The molecule has 51 heavy (non-hydrogen) atoms. The molecule has 5 rings (SSSR count). The second-order valence-electron chi connectivity index (χ2n) is 12.3. The number of fused-ring (bicyclic) bond motifs is 1. The van der Waals surface area contributed by atoms with Crippen LogP contribution in [0.25, 0.3) is 0 Å². The van der Waals surface area contributed by atoms with Gasteiger partial charge in [0.05, 0.1) is 21.6 Å². The molecular weight excluding hydrogens is 772 g/mol. The van der Waals surface area contributed by atoms with Crippen LogP contribution >= 0.6 is 70.2 Å². The molecule has 268 valence electrons. The highest BCUT2D eigenvalue weighted by Gasteiger charge is 2.55. The van der Waals surface area contributed by atoms with Crippen LogP contribution in [0.1, 0.15) is 44.9 Å². The highest BCUT2D eigenvalue weighted by atomic mass is 35.5. The molecule has 0 saturated carbocycles. The van der Waals surface area contributed by atoms with E-state index < -0.39 is 40.9 Å². The second kappa shape index (κ2) is 17.2. The number of esters is 2. The van der Waals surface area contributed by atoms with Crippen molar-refractivity contribution in [3.05, 3.63) is 105 Å². The van der Waals surface area contributed by atoms with Gasteiger partial charge in [0.15, 0.2) is 11.2 Å². The van der Waals surface area contributed by atoms with Gasteiger partial charge in [-0.1, -0.05) is 95.6 Å². The molecule has 3 aromatic rings. The molecule has 0 aromatic heterocycles. The molecule has 0 unspecified atom stereocenters. The maximum atomic E-state index is 13.9. The molecule has 0 radical (unpaired) electrons. The lowest BCUT2D eigenvalue weighted by Gasteiger charge is -2.49. The van der Waals surface area contributed by atoms with E-state index in [-0.39, 0.29) is 34.0 Å². The number of hydrogen-bond acceptors (Lipinski definition) is 11. The number of β-lactam (4-membered cyclic amide) rings is 1. The minimum Gasteiger partial charge on any atom is -0.459 e. The maximum absolute atomic E-state index is 13.9. The van der Waals surface area contributed by atoms with E-state index in [1.807, 2.05) is 60.7 Å². The Morgan fingerprint density at radius 2 is 1.47 bits per heavy atom. The van der Waals surface area contributed by atoms with Gasteiger partial charge in [-0.2, -0.15) is 0 Å². The Balaban J connectivity index is 1.24. The van der Waals surface area contributed by atoms with Crippen molar-refractivity contribution < 1.29 is 33.4 Å². The lowest BCUT2D eigenvalue weighted by atomic mass is 10.0. The molecule has 1 saturated heterocycles. The van der Waals surface area contributed by atoms with E-state index in [1.54, 1.807) is 32.9 Å². The molecule has 1 fully saturated rings. The zero-order valence-corrected chi connectivity index (χ0v) is 32.8. The van der Waals surface area contributed by atoms with Crippen LogP contribution in [0.3, 0.4) is 0 Å². The fourth-order valence-corrected chi connectivity index (χ4v) is 9.72. The number of benzene rings is 3. The van der Waals surface area contributed by atoms with Crippen molar-refractivity contribution in [1.82, 2.24) is 10.2 Å². The smallest absolute Gasteiger partial charge is 0.356 e. The Morgan fingerprint density at radius 1 is 0.922 bits per heavy atom. The first-order valence-corrected chi connectivity index (χ1v) is 20.2. The Bertz CT molecular complexity index is 1820. The molecule has 2 aliphatic rings. The van der Waals surface area contributed by atoms with Crippen LogP contribution in [-0.2, 0) is 33.4 Å². The van der Waals surface area contributed by atoms with E-state index in [4.69, 9.17) is 32.7 Å². The summed E-state index contributed by atoms with van der Waals surface area (Å²) < 4.78 is 11.4. The molecule has 1 N–H and O–H groups in total. The number of ether oxygens (including phenoxy) is 2. The van der Waals surface area contributed by atoms with Gasteiger partial charge in [-0.15, -0.1) is 35.3 Å². The van der Waals surface area contributed by atoms with Gasteiger partial charge in [-0.05, 0) is 44.0 Å². The number of amides is 2. The van der Waals surface area contributed by atoms with Gasteiger partial charge in [0.1, 0.15) is 22.7 Å². The highest BCUT2D eigenvalue weighted by Crippen LogP contribution is 2.45. The van der Waals surface area contributed by atoms with Gasteiger partial charge in [0.2, 0.25) is 5.91 Å². The Morgan fingerprint density at radius 3 is 2.00 bits per heavy atom. The molecule has 0 aliphatic carbocycles. The van der Waals surface area contributed by atoms with Crippen LogP contribution in [0.15, 0.2) is 93.2 Å². The summed E-state index contributed by atoms with van der Waals surface area (Å²) >= 11 is 17.5. The highest BCUT2D eigenvalue weighted by molar-refractivity contribution is 8.17. The van der Waals surface area contributed by atoms with Gasteiger partial charge >= 0.3 is 11.9 Å². The summed E-state index contributed by atoms with van der Waals surface area (Å²) in [6.07, 6.45) is -0.758. The van der Waals surface area contributed by atoms with Crippen molar-refractivity contribution in [3.63, 3.8) is 0 Å². The molecule has 2 atom stereocenters. The Labute approximate surface area is 323 Å². The fourth-order valence-electron chi connectivity index (χ4n) is 5.18. The standard InChI is InChI=1S/C36H34Cl2N2O7S4/c1-20(41)51-27-17-50-34-30(39-28(42)18-48-25-15-24(38)26(16-23(25)37)49-19-29(43)47-36(2,3)4)33(44)40(34)31(27)35(45)46-32(21-11-7-5-8-12-21)22-13-9-6-10-14-22/h5-16,30,32,34H,17-19H2,1-4H3,(H,39,42)/t30-,34-/m1/s1. The van der Waals surface area contributed by atoms with E-state index in [9.17, 15) is 24.0 Å². The summed E-state index contributed by atoms with van der Waals surface area (Å²) in [6.45, 7) is 6.76. The largest absolute Gasteiger partial charge is 0.459 e. The van der Waals surface area contributed by atoms with E-state index in [1.165, 1.54) is 35.3 Å². The van der Waals surface area contributed by atoms with Crippen molar-refractivity contribution in [2.24, 2.45) is 0 Å². The third-order valence-electron chi connectivity index (χ3n) is 7.25. The van der Waals surface area contributed by atoms with Crippen LogP contribution in [0.5, 0.6) is 0 Å². The number of nitrogens with zero attached hydrogens (tertiary/aromatic N) is 1. The summed E-state index contributed by atoms with van der Waals surface area (Å²) in [7, 11) is 0. The van der Waals surface area contributed by atoms with Crippen LogP contribution in [0.2, 0.25) is 10.0 Å². The number of hydrogen-bond donors (Lipinski definition) is 1. The topological polar surface area (TPSA) is 119 Å². The predicted molar refractivity (Wildman–Crippen MR) is 205 cm³/mol. The van der Waals surface area contributed by atoms with Crippen LogP contribution < -0.4 is 5.32 Å². The van der Waals surface area contributed by atoms with Crippen LogP contribution in [0.4, 0.5) is 0 Å². The summed E-state index contributed by atoms with van der Waals surface area (Å²) in [5.41, 5.74) is 0.892.